The molecule has 8 heteroatoms. The molecular formula is C24H30Cl2N4O2. The normalized spacial score (nSPS) is 15.5. The average molecular weight is 477 g/mol. The van der Waals surface area contributed by atoms with Gasteiger partial charge in [0.15, 0.2) is 0 Å². The highest BCUT2D eigenvalue weighted by Crippen LogP contribution is 2.25. The lowest BCUT2D eigenvalue weighted by Crippen LogP contribution is -2.47. The number of aryl methyl sites for hydroxylation is 1. The van der Waals surface area contributed by atoms with Crippen molar-refractivity contribution in [2.75, 3.05) is 43.4 Å². The zero-order valence-corrected chi connectivity index (χ0v) is 20.4. The van der Waals surface area contributed by atoms with Crippen LogP contribution in [0.15, 0.2) is 36.4 Å². The van der Waals surface area contributed by atoms with Crippen molar-refractivity contribution in [1.29, 1.82) is 0 Å². The summed E-state index contributed by atoms with van der Waals surface area (Å²) in [5.74, 6) is -0.803. The second kappa shape index (κ2) is 10.6. The Labute approximate surface area is 199 Å². The van der Waals surface area contributed by atoms with Crippen LogP contribution >= 0.6 is 23.2 Å². The zero-order valence-electron chi connectivity index (χ0n) is 18.9. The van der Waals surface area contributed by atoms with Crippen LogP contribution in [0.25, 0.3) is 0 Å². The molecule has 0 spiro atoms. The fourth-order valence-corrected chi connectivity index (χ4v) is 4.28. The summed E-state index contributed by atoms with van der Waals surface area (Å²) >= 11 is 12.1. The van der Waals surface area contributed by atoms with Crippen LogP contribution in [0.3, 0.4) is 0 Å². The molecule has 1 heterocycles. The summed E-state index contributed by atoms with van der Waals surface area (Å²) in [7, 11) is 2.13. The molecule has 2 amide bonds. The SMILES string of the molecule is Cc1cc(NC(=O)C(NC(=O)c2ccc(Cl)cc2Cl)C(C)C)ccc1N1CCN(C)CC1. The smallest absolute Gasteiger partial charge is 0.253 e. The first-order chi connectivity index (χ1) is 15.2. The molecular weight excluding hydrogens is 447 g/mol. The number of piperazine rings is 1. The minimum atomic E-state index is -0.716. The number of carbonyl (C=O) groups excluding carboxylic acids is 2. The van der Waals surface area contributed by atoms with Gasteiger partial charge in [0, 0.05) is 42.6 Å². The van der Waals surface area contributed by atoms with Gasteiger partial charge in [-0.3, -0.25) is 9.59 Å². The van der Waals surface area contributed by atoms with Crippen molar-refractivity contribution in [3.8, 4) is 0 Å². The zero-order chi connectivity index (χ0) is 23.4. The van der Waals surface area contributed by atoms with Gasteiger partial charge in [0.05, 0.1) is 10.6 Å². The monoisotopic (exact) mass is 476 g/mol. The summed E-state index contributed by atoms with van der Waals surface area (Å²) < 4.78 is 0. The molecule has 2 aromatic carbocycles. The highest BCUT2D eigenvalue weighted by atomic mass is 35.5. The van der Waals surface area contributed by atoms with Crippen LogP contribution in [0.4, 0.5) is 11.4 Å². The molecule has 1 saturated heterocycles. The van der Waals surface area contributed by atoms with Gasteiger partial charge in [-0.1, -0.05) is 37.0 Å². The van der Waals surface area contributed by atoms with E-state index >= 15 is 0 Å². The van der Waals surface area contributed by atoms with Crippen LogP contribution in [0, 0.1) is 12.8 Å². The van der Waals surface area contributed by atoms with E-state index in [9.17, 15) is 9.59 Å². The molecule has 1 unspecified atom stereocenters. The maximum Gasteiger partial charge on any atom is 0.253 e. The Morgan fingerprint density at radius 3 is 2.28 bits per heavy atom. The second-order valence-electron chi connectivity index (χ2n) is 8.60. The van der Waals surface area contributed by atoms with Crippen molar-refractivity contribution in [3.63, 3.8) is 0 Å². The summed E-state index contributed by atoms with van der Waals surface area (Å²) in [5, 5.41) is 6.44. The summed E-state index contributed by atoms with van der Waals surface area (Å²) in [6.45, 7) is 9.85. The number of nitrogens with one attached hydrogen (secondary N) is 2. The topological polar surface area (TPSA) is 64.7 Å². The molecule has 1 fully saturated rings. The number of likely N-dealkylation sites (N-methyl/N-ethyl adjacent to an activating group) is 1. The first-order valence-electron chi connectivity index (χ1n) is 10.8. The maximum absolute atomic E-state index is 13.0. The first kappa shape index (κ1) is 24.4. The van der Waals surface area contributed by atoms with Crippen LogP contribution in [0.5, 0.6) is 0 Å². The Morgan fingerprint density at radius 2 is 1.69 bits per heavy atom. The van der Waals surface area contributed by atoms with Crippen molar-refractivity contribution < 1.29 is 9.59 Å². The molecule has 0 radical (unpaired) electrons. The summed E-state index contributed by atoms with van der Waals surface area (Å²) in [6, 6.07) is 9.87. The predicted molar refractivity (Wildman–Crippen MR) is 132 cm³/mol. The Bertz CT molecular complexity index is 988. The van der Waals surface area contributed by atoms with Crippen LogP contribution in [0.1, 0.15) is 29.8 Å². The van der Waals surface area contributed by atoms with Crippen LogP contribution in [-0.2, 0) is 4.79 Å². The van der Waals surface area contributed by atoms with E-state index in [0.717, 1.165) is 31.7 Å². The molecule has 0 saturated carbocycles. The van der Waals surface area contributed by atoms with E-state index in [-0.39, 0.29) is 22.4 Å². The third-order valence-corrected chi connectivity index (χ3v) is 6.27. The lowest BCUT2D eigenvalue weighted by atomic mass is 10.0. The number of carbonyl (C=O) groups is 2. The van der Waals surface area contributed by atoms with Gasteiger partial charge >= 0.3 is 0 Å². The van der Waals surface area contributed by atoms with Crippen LogP contribution < -0.4 is 15.5 Å². The van der Waals surface area contributed by atoms with Crippen molar-refractivity contribution >= 4 is 46.4 Å². The fraction of sp³-hybridized carbons (Fsp3) is 0.417. The van der Waals surface area contributed by atoms with Gasteiger partial charge in [-0.05, 0) is 61.9 Å². The van der Waals surface area contributed by atoms with E-state index in [2.05, 4.69) is 27.5 Å². The second-order valence-corrected chi connectivity index (χ2v) is 9.44. The summed E-state index contributed by atoms with van der Waals surface area (Å²) in [6.07, 6.45) is 0. The number of hydrogen-bond acceptors (Lipinski definition) is 4. The van der Waals surface area contributed by atoms with Gasteiger partial charge < -0.3 is 20.4 Å². The quantitative estimate of drug-likeness (QED) is 0.646. The number of halogens is 2. The van der Waals surface area contributed by atoms with Crippen LogP contribution in [0.2, 0.25) is 10.0 Å². The van der Waals surface area contributed by atoms with E-state index in [1.54, 1.807) is 12.1 Å². The molecule has 1 aliphatic rings. The molecule has 1 atom stereocenters. The molecule has 3 rings (SSSR count). The number of rotatable bonds is 6. The van der Waals surface area contributed by atoms with Gasteiger partial charge in [0.25, 0.3) is 5.91 Å². The summed E-state index contributed by atoms with van der Waals surface area (Å²) in [5.41, 5.74) is 3.27. The minimum Gasteiger partial charge on any atom is -0.369 e. The molecule has 2 N–H and O–H groups in total. The largest absolute Gasteiger partial charge is 0.369 e. The highest BCUT2D eigenvalue weighted by molar-refractivity contribution is 6.36. The number of anilines is 2. The van der Waals surface area contributed by atoms with Gasteiger partial charge in [-0.15, -0.1) is 0 Å². The van der Waals surface area contributed by atoms with Crippen molar-refractivity contribution in [2.45, 2.75) is 26.8 Å². The standard InChI is InChI=1S/C24H30Cl2N4O2/c1-15(2)22(28-23(31)19-7-5-17(25)14-20(19)26)24(32)27-18-6-8-21(16(3)13-18)30-11-9-29(4)10-12-30/h5-8,13-15,22H,9-12H2,1-4H3,(H,27,32)(H,28,31). The Kier molecular flexibility index (Phi) is 8.04. The Morgan fingerprint density at radius 1 is 1.00 bits per heavy atom. The van der Waals surface area contributed by atoms with E-state index in [1.807, 2.05) is 39.0 Å². The molecule has 32 heavy (non-hydrogen) atoms. The van der Waals surface area contributed by atoms with E-state index in [1.165, 1.54) is 11.8 Å². The third-order valence-electron chi connectivity index (χ3n) is 5.72. The van der Waals surface area contributed by atoms with Gasteiger partial charge in [-0.2, -0.15) is 0 Å². The lowest BCUT2D eigenvalue weighted by molar-refractivity contribution is -0.118. The number of benzene rings is 2. The molecule has 0 aliphatic carbocycles. The van der Waals surface area contributed by atoms with Crippen LogP contribution in [-0.4, -0.2) is 56.0 Å². The van der Waals surface area contributed by atoms with E-state index < -0.39 is 11.9 Å². The van der Waals surface area contributed by atoms with Gasteiger partial charge in [0.1, 0.15) is 6.04 Å². The first-order valence-corrected chi connectivity index (χ1v) is 11.5. The number of hydrogen-bond donors (Lipinski definition) is 2. The number of nitrogens with zero attached hydrogens (tertiary/aromatic N) is 2. The van der Waals surface area contributed by atoms with Gasteiger partial charge in [0.2, 0.25) is 5.91 Å². The lowest BCUT2D eigenvalue weighted by Gasteiger charge is -2.35. The fourth-order valence-electron chi connectivity index (χ4n) is 3.78. The third kappa shape index (κ3) is 5.94. The van der Waals surface area contributed by atoms with Crippen molar-refractivity contribution in [1.82, 2.24) is 10.2 Å². The molecule has 0 aromatic heterocycles. The number of amides is 2. The predicted octanol–water partition coefficient (Wildman–Crippen LogP) is 4.45. The minimum absolute atomic E-state index is 0.115. The highest BCUT2D eigenvalue weighted by Gasteiger charge is 2.26. The van der Waals surface area contributed by atoms with Crippen molar-refractivity contribution in [3.05, 3.63) is 57.6 Å². The molecule has 172 valence electrons. The molecule has 6 nitrogen and oxygen atoms in total. The molecule has 2 aromatic rings. The Hall–Kier alpha value is -2.28. The van der Waals surface area contributed by atoms with E-state index in [4.69, 9.17) is 23.2 Å². The average Bonchev–Trinajstić information content (AvgIpc) is 2.72. The van der Waals surface area contributed by atoms with E-state index in [0.29, 0.717) is 10.7 Å². The van der Waals surface area contributed by atoms with Gasteiger partial charge in [-0.25, -0.2) is 0 Å². The molecule has 1 aliphatic heterocycles. The Balaban J connectivity index is 1.69. The molecule has 0 bridgehead atoms. The maximum atomic E-state index is 13.0. The van der Waals surface area contributed by atoms with Crippen molar-refractivity contribution in [2.24, 2.45) is 5.92 Å². The summed E-state index contributed by atoms with van der Waals surface area (Å²) in [4.78, 5) is 30.4.